The van der Waals surface area contributed by atoms with Gasteiger partial charge in [-0.1, -0.05) is 72.8 Å². The van der Waals surface area contributed by atoms with Crippen LogP contribution in [0.3, 0.4) is 0 Å². The van der Waals surface area contributed by atoms with Crippen LogP contribution < -0.4 is 5.73 Å². The minimum atomic E-state index is 0.408. The van der Waals surface area contributed by atoms with Crippen LogP contribution in [0.2, 0.25) is 0 Å². The summed E-state index contributed by atoms with van der Waals surface area (Å²) in [7, 11) is 0. The average molecular weight is 237 g/mol. The summed E-state index contributed by atoms with van der Waals surface area (Å²) < 4.78 is 0. The highest BCUT2D eigenvalue weighted by molar-refractivity contribution is 5.48. The topological polar surface area (TPSA) is 26.0 Å². The van der Waals surface area contributed by atoms with Crippen molar-refractivity contribution in [2.45, 2.75) is 12.3 Å². The molecule has 0 bridgehead atoms. The van der Waals surface area contributed by atoms with E-state index < -0.39 is 0 Å². The molecule has 0 heterocycles. The SMILES string of the molecule is NCC(C/C=C/c1ccccc1)c1ccccc1. The molecule has 2 aromatic rings. The van der Waals surface area contributed by atoms with Crippen LogP contribution in [0.25, 0.3) is 6.08 Å². The maximum Gasteiger partial charge on any atom is -0.000421 e. The van der Waals surface area contributed by atoms with Gasteiger partial charge in [0.2, 0.25) is 0 Å². The lowest BCUT2D eigenvalue weighted by Crippen LogP contribution is -2.11. The molecule has 18 heavy (non-hydrogen) atoms. The molecule has 1 nitrogen and oxygen atoms in total. The molecule has 0 aliphatic rings. The largest absolute Gasteiger partial charge is 0.330 e. The molecule has 2 rings (SSSR count). The van der Waals surface area contributed by atoms with E-state index >= 15 is 0 Å². The molecule has 1 heteroatoms. The zero-order valence-corrected chi connectivity index (χ0v) is 10.5. The van der Waals surface area contributed by atoms with Gasteiger partial charge in [0.15, 0.2) is 0 Å². The Balaban J connectivity index is 1.98. The zero-order valence-electron chi connectivity index (χ0n) is 10.5. The Hall–Kier alpha value is -1.86. The van der Waals surface area contributed by atoms with Gasteiger partial charge in [-0.05, 0) is 30.0 Å². The molecular weight excluding hydrogens is 218 g/mol. The van der Waals surface area contributed by atoms with Crippen molar-refractivity contribution in [3.63, 3.8) is 0 Å². The van der Waals surface area contributed by atoms with Gasteiger partial charge in [0.25, 0.3) is 0 Å². The van der Waals surface area contributed by atoms with Crippen molar-refractivity contribution in [1.82, 2.24) is 0 Å². The van der Waals surface area contributed by atoms with Gasteiger partial charge in [-0.2, -0.15) is 0 Å². The highest BCUT2D eigenvalue weighted by Gasteiger charge is 2.06. The van der Waals surface area contributed by atoms with Crippen molar-refractivity contribution in [3.8, 4) is 0 Å². The highest BCUT2D eigenvalue weighted by atomic mass is 14.5. The van der Waals surface area contributed by atoms with Crippen LogP contribution >= 0.6 is 0 Å². The quantitative estimate of drug-likeness (QED) is 0.840. The lowest BCUT2D eigenvalue weighted by atomic mass is 9.95. The molecule has 0 spiro atoms. The van der Waals surface area contributed by atoms with Gasteiger partial charge in [0.1, 0.15) is 0 Å². The highest BCUT2D eigenvalue weighted by Crippen LogP contribution is 2.19. The predicted molar refractivity (Wildman–Crippen MR) is 78.3 cm³/mol. The van der Waals surface area contributed by atoms with Crippen LogP contribution in [0.5, 0.6) is 0 Å². The fourth-order valence-electron chi connectivity index (χ4n) is 2.03. The standard InChI is InChI=1S/C17H19N/c18-14-17(16-11-5-2-6-12-16)13-7-10-15-8-3-1-4-9-15/h1-12,17H,13-14,18H2/b10-7+. The maximum atomic E-state index is 5.85. The van der Waals surface area contributed by atoms with Crippen molar-refractivity contribution in [3.05, 3.63) is 77.9 Å². The van der Waals surface area contributed by atoms with Gasteiger partial charge in [0, 0.05) is 0 Å². The summed E-state index contributed by atoms with van der Waals surface area (Å²) in [5.74, 6) is 0.408. The Bertz CT molecular complexity index is 473. The van der Waals surface area contributed by atoms with Crippen LogP contribution in [-0.2, 0) is 0 Å². The lowest BCUT2D eigenvalue weighted by molar-refractivity contribution is 0.711. The molecule has 1 unspecified atom stereocenters. The van der Waals surface area contributed by atoms with Gasteiger partial charge < -0.3 is 5.73 Å². The lowest BCUT2D eigenvalue weighted by Gasteiger charge is -2.12. The first-order valence-corrected chi connectivity index (χ1v) is 6.37. The predicted octanol–water partition coefficient (Wildman–Crippen LogP) is 3.83. The molecule has 92 valence electrons. The van der Waals surface area contributed by atoms with Crippen LogP contribution in [0, 0.1) is 0 Å². The number of rotatable bonds is 5. The summed E-state index contributed by atoms with van der Waals surface area (Å²) in [6, 6.07) is 20.8. The maximum absolute atomic E-state index is 5.85. The number of allylic oxidation sites excluding steroid dienone is 1. The second-order valence-corrected chi connectivity index (χ2v) is 4.39. The monoisotopic (exact) mass is 237 g/mol. The summed E-state index contributed by atoms with van der Waals surface area (Å²) in [4.78, 5) is 0. The van der Waals surface area contributed by atoms with E-state index in [2.05, 4.69) is 60.7 Å². The summed E-state index contributed by atoms with van der Waals surface area (Å²) in [6.07, 6.45) is 5.35. The second kappa shape index (κ2) is 6.77. The molecule has 2 aromatic carbocycles. The van der Waals surface area contributed by atoms with Crippen LogP contribution in [0.15, 0.2) is 66.7 Å². The molecule has 0 saturated heterocycles. The third-order valence-corrected chi connectivity index (χ3v) is 3.09. The minimum absolute atomic E-state index is 0.408. The van der Waals surface area contributed by atoms with Gasteiger partial charge >= 0.3 is 0 Å². The Morgan fingerprint density at radius 1 is 0.889 bits per heavy atom. The fraction of sp³-hybridized carbons (Fsp3) is 0.176. The number of nitrogens with two attached hydrogens (primary N) is 1. The molecule has 0 aliphatic carbocycles. The summed E-state index contributed by atoms with van der Waals surface area (Å²) >= 11 is 0. The van der Waals surface area contributed by atoms with Crippen LogP contribution in [0.1, 0.15) is 23.5 Å². The first-order valence-electron chi connectivity index (χ1n) is 6.37. The van der Waals surface area contributed by atoms with Crippen LogP contribution in [0.4, 0.5) is 0 Å². The van der Waals surface area contributed by atoms with Crippen LogP contribution in [-0.4, -0.2) is 6.54 Å². The zero-order chi connectivity index (χ0) is 12.6. The molecule has 0 amide bonds. The average Bonchev–Trinajstić information content (AvgIpc) is 2.46. The van der Waals surface area contributed by atoms with E-state index in [1.807, 2.05) is 12.1 Å². The van der Waals surface area contributed by atoms with E-state index in [-0.39, 0.29) is 0 Å². The van der Waals surface area contributed by atoms with Gasteiger partial charge in [0.05, 0.1) is 0 Å². The Morgan fingerprint density at radius 2 is 1.50 bits per heavy atom. The second-order valence-electron chi connectivity index (χ2n) is 4.39. The van der Waals surface area contributed by atoms with Crippen molar-refractivity contribution >= 4 is 6.08 Å². The van der Waals surface area contributed by atoms with E-state index in [0.29, 0.717) is 12.5 Å². The van der Waals surface area contributed by atoms with Crippen molar-refractivity contribution in [2.24, 2.45) is 5.73 Å². The molecule has 0 saturated carbocycles. The molecule has 0 radical (unpaired) electrons. The van der Waals surface area contributed by atoms with E-state index in [1.165, 1.54) is 11.1 Å². The van der Waals surface area contributed by atoms with Gasteiger partial charge in [-0.25, -0.2) is 0 Å². The number of hydrogen-bond acceptors (Lipinski definition) is 1. The fourth-order valence-corrected chi connectivity index (χ4v) is 2.03. The summed E-state index contributed by atoms with van der Waals surface area (Å²) in [5, 5.41) is 0. The molecule has 2 N–H and O–H groups in total. The first kappa shape index (κ1) is 12.6. The minimum Gasteiger partial charge on any atom is -0.330 e. The Kier molecular flexibility index (Phi) is 4.74. The first-order chi connectivity index (χ1) is 8.90. The Morgan fingerprint density at radius 3 is 2.11 bits per heavy atom. The number of hydrogen-bond donors (Lipinski definition) is 1. The normalized spacial score (nSPS) is 12.7. The number of benzene rings is 2. The molecular formula is C17H19N. The third kappa shape index (κ3) is 3.57. The van der Waals surface area contributed by atoms with E-state index in [0.717, 1.165) is 6.42 Å². The Labute approximate surface area is 109 Å². The van der Waals surface area contributed by atoms with E-state index in [4.69, 9.17) is 5.73 Å². The third-order valence-electron chi connectivity index (χ3n) is 3.09. The summed E-state index contributed by atoms with van der Waals surface area (Å²) in [5.41, 5.74) is 8.41. The smallest absolute Gasteiger partial charge is 0.000421 e. The molecule has 1 atom stereocenters. The van der Waals surface area contributed by atoms with Crippen molar-refractivity contribution in [2.75, 3.05) is 6.54 Å². The van der Waals surface area contributed by atoms with E-state index in [9.17, 15) is 0 Å². The molecule has 0 fully saturated rings. The van der Waals surface area contributed by atoms with Gasteiger partial charge in [-0.3, -0.25) is 0 Å². The van der Waals surface area contributed by atoms with Crippen molar-refractivity contribution in [1.29, 1.82) is 0 Å². The van der Waals surface area contributed by atoms with E-state index in [1.54, 1.807) is 0 Å². The van der Waals surface area contributed by atoms with Crippen molar-refractivity contribution < 1.29 is 0 Å². The summed E-state index contributed by atoms with van der Waals surface area (Å²) in [6.45, 7) is 0.684. The molecule has 0 aliphatic heterocycles. The van der Waals surface area contributed by atoms with Gasteiger partial charge in [-0.15, -0.1) is 0 Å². The molecule has 0 aromatic heterocycles.